The van der Waals surface area contributed by atoms with Crippen LogP contribution in [0.15, 0.2) is 41.3 Å². The number of rotatable bonds is 9. The molecule has 3 aliphatic rings. The van der Waals surface area contributed by atoms with Gasteiger partial charge in [-0.1, -0.05) is 6.07 Å². The van der Waals surface area contributed by atoms with Gasteiger partial charge in [-0.3, -0.25) is 14.4 Å². The summed E-state index contributed by atoms with van der Waals surface area (Å²) in [7, 11) is -4.45. The molecular weight excluding hydrogens is 656 g/mol. The van der Waals surface area contributed by atoms with Crippen molar-refractivity contribution in [2.75, 3.05) is 19.2 Å². The Balaban J connectivity index is 1.34. The molecule has 2 saturated carbocycles. The number of amides is 2. The average Bonchev–Trinajstić information content (AvgIpc) is 3.61. The molecule has 47 heavy (non-hydrogen) atoms. The van der Waals surface area contributed by atoms with Gasteiger partial charge in [0.2, 0.25) is 5.91 Å². The minimum atomic E-state index is -5.68. The zero-order valence-electron chi connectivity index (χ0n) is 25.1. The van der Waals surface area contributed by atoms with E-state index < -0.39 is 79.5 Å². The van der Waals surface area contributed by atoms with Crippen molar-refractivity contribution < 1.29 is 64.4 Å². The Morgan fingerprint density at radius 3 is 2.40 bits per heavy atom. The molecule has 2 amide bonds. The van der Waals surface area contributed by atoms with Crippen molar-refractivity contribution in [2.45, 2.75) is 73.8 Å². The first-order chi connectivity index (χ1) is 22.0. The molecule has 3 fully saturated rings. The molecule has 0 radical (unpaired) electrons. The van der Waals surface area contributed by atoms with Gasteiger partial charge >= 0.3 is 11.5 Å². The number of carboxylic acids is 1. The molecule has 1 heterocycles. The van der Waals surface area contributed by atoms with E-state index in [0.717, 1.165) is 24.3 Å². The highest BCUT2D eigenvalue weighted by molar-refractivity contribution is 7.92. The van der Waals surface area contributed by atoms with Gasteiger partial charge in [0, 0.05) is 11.8 Å². The van der Waals surface area contributed by atoms with Crippen LogP contribution in [0.3, 0.4) is 0 Å². The Kier molecular flexibility index (Phi) is 9.45. The second-order valence-electron chi connectivity index (χ2n) is 11.9. The second kappa shape index (κ2) is 12.9. The number of carboxylic acid groups (broad SMARTS) is 1. The number of halogens is 4. The fourth-order valence-corrected chi connectivity index (χ4v) is 6.88. The third kappa shape index (κ3) is 6.87. The monoisotopic (exact) mass is 688 g/mol. The third-order valence-corrected chi connectivity index (χ3v) is 10.4. The summed E-state index contributed by atoms with van der Waals surface area (Å²) in [6, 6.07) is 4.77. The largest absolute Gasteiger partial charge is 0.501 e. The van der Waals surface area contributed by atoms with E-state index in [1.165, 1.54) is 13.2 Å². The number of ether oxygens (including phenoxy) is 4. The molecule has 2 aliphatic carbocycles. The average molecular weight is 689 g/mol. The summed E-state index contributed by atoms with van der Waals surface area (Å²) in [5.74, 6) is -4.71. The van der Waals surface area contributed by atoms with E-state index in [1.807, 2.05) is 0 Å². The highest BCUT2D eigenvalue weighted by Crippen LogP contribution is 2.40. The van der Waals surface area contributed by atoms with Gasteiger partial charge in [-0.25, -0.2) is 12.8 Å². The number of nitrogens with one attached hydrogen (secondary N) is 2. The summed E-state index contributed by atoms with van der Waals surface area (Å²) < 4.78 is 100. The van der Waals surface area contributed by atoms with E-state index in [-0.39, 0.29) is 36.0 Å². The quantitative estimate of drug-likeness (QED) is 0.328. The SMILES string of the molecule is COc1cc(F)c(O[C@H]2CC[C@@](C)(C(=O)O)CC2)cc1C(=O)N[C@@H]1[C@H]2OCO[C@H]2C[C@@H]1C(=O)Nc1cccc(S(=O)(=O)C(F)(F)F)c1. The molecule has 5 rings (SSSR count). The molecule has 0 unspecified atom stereocenters. The standard InChI is InChI=1S/C30H32F4N2O10S/c1-29(28(39)40)8-6-16(7-9-29)46-22-11-18(21(43-2)13-20(22)31)26(37)36-24-19(12-23-25(24)45-14-44-23)27(38)35-15-4-3-5-17(10-15)47(41,42)30(32,33)34/h3-5,10-11,13,16,19,23-25H,6-9,12,14H2,1-2H3,(H,35,38)(H,36,37)(H,39,40)/t16-,19-,23-,24-,25-,29+/m0/s1. The first-order valence-corrected chi connectivity index (χ1v) is 16.1. The van der Waals surface area contributed by atoms with Crippen molar-refractivity contribution in [1.29, 1.82) is 0 Å². The molecule has 12 nitrogen and oxygen atoms in total. The van der Waals surface area contributed by atoms with E-state index >= 15 is 4.39 Å². The zero-order chi connectivity index (χ0) is 34.3. The van der Waals surface area contributed by atoms with Gasteiger partial charge in [0.1, 0.15) is 18.6 Å². The second-order valence-corrected chi connectivity index (χ2v) is 13.9. The molecule has 256 valence electrons. The van der Waals surface area contributed by atoms with E-state index in [4.69, 9.17) is 18.9 Å². The van der Waals surface area contributed by atoms with Gasteiger partial charge in [-0.15, -0.1) is 0 Å². The molecule has 3 N–H and O–H groups in total. The molecule has 17 heteroatoms. The van der Waals surface area contributed by atoms with Crippen LogP contribution in [-0.4, -0.2) is 75.1 Å². The number of carbonyl (C=O) groups excluding carboxylic acids is 2. The lowest BCUT2D eigenvalue weighted by Crippen LogP contribution is -2.48. The molecule has 2 aromatic rings. The maximum Gasteiger partial charge on any atom is 0.501 e. The van der Waals surface area contributed by atoms with Crippen molar-refractivity contribution in [1.82, 2.24) is 5.32 Å². The highest BCUT2D eigenvalue weighted by Gasteiger charge is 2.52. The van der Waals surface area contributed by atoms with Crippen LogP contribution in [-0.2, 0) is 28.9 Å². The Bertz CT molecular complexity index is 1660. The fraction of sp³-hybridized carbons (Fsp3) is 0.500. The van der Waals surface area contributed by atoms with Gasteiger partial charge in [-0.2, -0.15) is 13.2 Å². The van der Waals surface area contributed by atoms with Crippen LogP contribution in [0.2, 0.25) is 0 Å². The van der Waals surface area contributed by atoms with Crippen LogP contribution in [0.25, 0.3) is 0 Å². The minimum absolute atomic E-state index is 0.0494. The molecule has 0 spiro atoms. The predicted molar refractivity (Wildman–Crippen MR) is 154 cm³/mol. The van der Waals surface area contributed by atoms with Crippen molar-refractivity contribution >= 4 is 33.3 Å². The van der Waals surface area contributed by atoms with Crippen LogP contribution in [0.4, 0.5) is 23.2 Å². The normalized spacial score (nSPS) is 27.5. The smallest absolute Gasteiger partial charge is 0.496 e. The number of anilines is 1. The Morgan fingerprint density at radius 2 is 1.77 bits per heavy atom. The van der Waals surface area contributed by atoms with E-state index in [2.05, 4.69) is 10.6 Å². The lowest BCUT2D eigenvalue weighted by atomic mass is 9.75. The minimum Gasteiger partial charge on any atom is -0.496 e. The summed E-state index contributed by atoms with van der Waals surface area (Å²) in [6.45, 7) is 1.52. The maximum absolute atomic E-state index is 15.0. The van der Waals surface area contributed by atoms with Crippen LogP contribution in [0.1, 0.15) is 49.4 Å². The number of fused-ring (bicyclic) bond motifs is 1. The summed E-state index contributed by atoms with van der Waals surface area (Å²) in [5.41, 5.74) is -6.83. The Labute approximate surface area is 266 Å². The number of carbonyl (C=O) groups is 3. The highest BCUT2D eigenvalue weighted by atomic mass is 32.2. The third-order valence-electron chi connectivity index (χ3n) is 8.88. The first-order valence-electron chi connectivity index (χ1n) is 14.6. The van der Waals surface area contributed by atoms with Gasteiger partial charge in [-0.05, 0) is 63.3 Å². The number of hydrogen-bond acceptors (Lipinski definition) is 9. The van der Waals surface area contributed by atoms with E-state index in [0.29, 0.717) is 31.7 Å². The van der Waals surface area contributed by atoms with Gasteiger partial charge in [0.05, 0.1) is 47.2 Å². The Hall–Kier alpha value is -3.96. The molecule has 2 aromatic carbocycles. The number of hydrogen-bond donors (Lipinski definition) is 3. The van der Waals surface area contributed by atoms with Crippen molar-refractivity contribution in [3.63, 3.8) is 0 Å². The first kappa shape index (κ1) is 34.4. The summed E-state index contributed by atoms with van der Waals surface area (Å²) in [6.07, 6.45) is -0.538. The van der Waals surface area contributed by atoms with Crippen molar-refractivity contribution in [3.8, 4) is 11.5 Å². The Morgan fingerprint density at radius 1 is 1.06 bits per heavy atom. The number of sulfone groups is 1. The molecule has 1 saturated heterocycles. The molecule has 0 bridgehead atoms. The molecular formula is C30H32F4N2O10S. The molecule has 0 aromatic heterocycles. The van der Waals surface area contributed by atoms with Gasteiger partial charge < -0.3 is 34.7 Å². The van der Waals surface area contributed by atoms with Gasteiger partial charge in [0.15, 0.2) is 11.6 Å². The number of benzene rings is 2. The zero-order valence-corrected chi connectivity index (χ0v) is 26.0. The molecule has 1 aliphatic heterocycles. The number of alkyl halides is 3. The van der Waals surface area contributed by atoms with Crippen molar-refractivity contribution in [3.05, 3.63) is 47.8 Å². The van der Waals surface area contributed by atoms with Crippen LogP contribution < -0.4 is 20.1 Å². The lowest BCUT2D eigenvalue weighted by Gasteiger charge is -2.34. The fourth-order valence-electron chi connectivity index (χ4n) is 6.07. The number of aliphatic carboxylic acids is 1. The van der Waals surface area contributed by atoms with Crippen LogP contribution in [0.5, 0.6) is 11.5 Å². The molecule has 4 atom stereocenters. The van der Waals surface area contributed by atoms with Crippen LogP contribution in [0, 0.1) is 17.2 Å². The van der Waals surface area contributed by atoms with E-state index in [9.17, 15) is 41.1 Å². The summed E-state index contributed by atoms with van der Waals surface area (Å²) in [4.78, 5) is 37.5. The van der Waals surface area contributed by atoms with Crippen LogP contribution >= 0.6 is 0 Å². The maximum atomic E-state index is 15.0. The van der Waals surface area contributed by atoms with Crippen molar-refractivity contribution in [2.24, 2.45) is 11.3 Å². The topological polar surface area (TPSA) is 167 Å². The summed E-state index contributed by atoms with van der Waals surface area (Å²) >= 11 is 0. The predicted octanol–water partition coefficient (Wildman–Crippen LogP) is 4.04. The lowest BCUT2D eigenvalue weighted by molar-refractivity contribution is -0.150. The summed E-state index contributed by atoms with van der Waals surface area (Å²) in [5, 5.41) is 14.6. The van der Waals surface area contributed by atoms with Gasteiger partial charge in [0.25, 0.3) is 15.7 Å². The van der Waals surface area contributed by atoms with E-state index in [1.54, 1.807) is 6.92 Å². The number of methoxy groups -OCH3 is 1.